The van der Waals surface area contributed by atoms with Crippen LogP contribution in [0.3, 0.4) is 0 Å². The van der Waals surface area contributed by atoms with Gasteiger partial charge in [0.2, 0.25) is 0 Å². The summed E-state index contributed by atoms with van der Waals surface area (Å²) in [5.74, 6) is 0. The Kier molecular flexibility index (Phi) is 4.90. The number of hydrogen-bond acceptors (Lipinski definition) is 3. The maximum Gasteiger partial charge on any atom is 0.0758 e. The first kappa shape index (κ1) is 10.6. The Balaban J connectivity index is 2.32. The van der Waals surface area contributed by atoms with Gasteiger partial charge in [0.05, 0.1) is 18.8 Å². The number of hydrogen-bond donors (Lipinski definition) is 1. The van der Waals surface area contributed by atoms with Crippen LogP contribution in [-0.2, 0) is 10.6 Å². The molecule has 2 N–H and O–H groups in total. The summed E-state index contributed by atoms with van der Waals surface area (Å²) >= 11 is 0.941. The standard InChI is InChI=1S/C10H15NOS/c1-9-5-2-3-6-10(9)7-4-8-12-13-11/h2-3,5-6H,4,7-8,11H2,1H3. The normalized spacial score (nSPS) is 10.3. The monoisotopic (exact) mass is 197 g/mol. The lowest BCUT2D eigenvalue weighted by Crippen LogP contribution is -1.95. The van der Waals surface area contributed by atoms with Crippen LogP contribution < -0.4 is 5.14 Å². The number of rotatable bonds is 5. The highest BCUT2D eigenvalue weighted by molar-refractivity contribution is 7.92. The lowest BCUT2D eigenvalue weighted by molar-refractivity contribution is 0.365. The lowest BCUT2D eigenvalue weighted by atomic mass is 10.0. The van der Waals surface area contributed by atoms with Gasteiger partial charge in [-0.2, -0.15) is 0 Å². The molecule has 0 aliphatic heterocycles. The maximum atomic E-state index is 5.13. The zero-order valence-electron chi connectivity index (χ0n) is 7.82. The van der Waals surface area contributed by atoms with E-state index in [4.69, 9.17) is 9.32 Å². The molecule has 1 rings (SSSR count). The molecule has 0 unspecified atom stereocenters. The summed E-state index contributed by atoms with van der Waals surface area (Å²) in [5.41, 5.74) is 2.75. The molecule has 1 aromatic rings. The van der Waals surface area contributed by atoms with Gasteiger partial charge in [-0.15, -0.1) is 0 Å². The van der Waals surface area contributed by atoms with Crippen LogP contribution in [0.2, 0.25) is 0 Å². The highest BCUT2D eigenvalue weighted by atomic mass is 32.2. The molecule has 0 aromatic heterocycles. The van der Waals surface area contributed by atoms with Gasteiger partial charge in [0, 0.05) is 0 Å². The van der Waals surface area contributed by atoms with Gasteiger partial charge in [-0.1, -0.05) is 24.3 Å². The predicted octanol–water partition coefficient (Wildman–Crippen LogP) is 2.47. The highest BCUT2D eigenvalue weighted by Crippen LogP contribution is 2.09. The van der Waals surface area contributed by atoms with Gasteiger partial charge in [-0.25, -0.2) is 0 Å². The first-order valence-electron chi connectivity index (χ1n) is 4.37. The number of aryl methyl sites for hydroxylation is 2. The van der Waals surface area contributed by atoms with Gasteiger partial charge >= 0.3 is 0 Å². The summed E-state index contributed by atoms with van der Waals surface area (Å²) in [6.45, 7) is 2.85. The molecule has 0 radical (unpaired) electrons. The van der Waals surface area contributed by atoms with Crippen molar-refractivity contribution in [1.82, 2.24) is 0 Å². The molecule has 1 aromatic carbocycles. The Morgan fingerprint density at radius 2 is 2.15 bits per heavy atom. The van der Waals surface area contributed by atoms with Gasteiger partial charge in [-0.05, 0) is 30.9 Å². The van der Waals surface area contributed by atoms with Gasteiger partial charge < -0.3 is 4.18 Å². The van der Waals surface area contributed by atoms with Crippen molar-refractivity contribution < 1.29 is 4.18 Å². The van der Waals surface area contributed by atoms with Crippen molar-refractivity contribution in [3.8, 4) is 0 Å². The molecule has 0 atom stereocenters. The third kappa shape index (κ3) is 3.81. The van der Waals surface area contributed by atoms with E-state index in [9.17, 15) is 0 Å². The minimum Gasteiger partial charge on any atom is -0.301 e. The summed E-state index contributed by atoms with van der Waals surface area (Å²) in [6.07, 6.45) is 2.09. The molecule has 0 aliphatic carbocycles. The molecule has 0 bridgehead atoms. The summed E-state index contributed by atoms with van der Waals surface area (Å²) in [7, 11) is 0. The minimum absolute atomic E-state index is 0.718. The van der Waals surface area contributed by atoms with E-state index in [1.54, 1.807) is 0 Å². The average Bonchev–Trinajstić information content (AvgIpc) is 2.15. The van der Waals surface area contributed by atoms with E-state index in [1.165, 1.54) is 11.1 Å². The molecule has 0 aliphatic rings. The smallest absolute Gasteiger partial charge is 0.0758 e. The second-order valence-electron chi connectivity index (χ2n) is 2.95. The molecule has 2 nitrogen and oxygen atoms in total. The fourth-order valence-corrected chi connectivity index (χ4v) is 1.47. The van der Waals surface area contributed by atoms with E-state index in [-0.39, 0.29) is 0 Å². The SMILES string of the molecule is Cc1ccccc1CCCOSN. The van der Waals surface area contributed by atoms with Crippen LogP contribution in [-0.4, -0.2) is 6.61 Å². The van der Waals surface area contributed by atoms with Gasteiger partial charge in [0.25, 0.3) is 0 Å². The first-order chi connectivity index (χ1) is 6.34. The van der Waals surface area contributed by atoms with Crippen molar-refractivity contribution in [3.63, 3.8) is 0 Å². The van der Waals surface area contributed by atoms with Crippen LogP contribution in [0.4, 0.5) is 0 Å². The van der Waals surface area contributed by atoms with Crippen LogP contribution in [0.1, 0.15) is 17.5 Å². The average molecular weight is 197 g/mol. The fourth-order valence-electron chi connectivity index (χ4n) is 1.26. The second kappa shape index (κ2) is 6.02. The highest BCUT2D eigenvalue weighted by Gasteiger charge is 1.96. The third-order valence-electron chi connectivity index (χ3n) is 2.00. The molecular weight excluding hydrogens is 182 g/mol. The van der Waals surface area contributed by atoms with Crippen molar-refractivity contribution in [1.29, 1.82) is 0 Å². The molecule has 13 heavy (non-hydrogen) atoms. The molecule has 0 saturated heterocycles. The Hall–Kier alpha value is -0.510. The maximum absolute atomic E-state index is 5.13. The molecule has 0 saturated carbocycles. The van der Waals surface area contributed by atoms with Crippen molar-refractivity contribution in [3.05, 3.63) is 35.4 Å². The van der Waals surface area contributed by atoms with Crippen molar-refractivity contribution in [2.45, 2.75) is 19.8 Å². The summed E-state index contributed by atoms with van der Waals surface area (Å²) in [6, 6.07) is 8.42. The first-order valence-corrected chi connectivity index (χ1v) is 5.18. The van der Waals surface area contributed by atoms with Crippen LogP contribution in [0.15, 0.2) is 24.3 Å². The van der Waals surface area contributed by atoms with E-state index in [1.807, 2.05) is 0 Å². The number of nitrogens with two attached hydrogens (primary N) is 1. The fraction of sp³-hybridized carbons (Fsp3) is 0.400. The van der Waals surface area contributed by atoms with Gasteiger partial charge in [0.15, 0.2) is 0 Å². The molecule has 0 heterocycles. The van der Waals surface area contributed by atoms with Crippen LogP contribution in [0, 0.1) is 6.92 Å². The quantitative estimate of drug-likeness (QED) is 0.447. The molecular formula is C10H15NOS. The number of benzene rings is 1. The molecule has 0 fully saturated rings. The Bertz CT molecular complexity index is 252. The van der Waals surface area contributed by atoms with E-state index in [0.29, 0.717) is 0 Å². The molecule has 0 spiro atoms. The summed E-state index contributed by atoms with van der Waals surface area (Å²) in [4.78, 5) is 0. The third-order valence-corrected chi connectivity index (χ3v) is 2.31. The van der Waals surface area contributed by atoms with Gasteiger partial charge in [0.1, 0.15) is 0 Å². The molecule has 3 heteroatoms. The summed E-state index contributed by atoms with van der Waals surface area (Å²) < 4.78 is 4.99. The zero-order valence-corrected chi connectivity index (χ0v) is 8.64. The van der Waals surface area contributed by atoms with E-state index in [2.05, 4.69) is 31.2 Å². The lowest BCUT2D eigenvalue weighted by Gasteiger charge is -2.04. The van der Waals surface area contributed by atoms with E-state index >= 15 is 0 Å². The molecule has 72 valence electrons. The predicted molar refractivity (Wildman–Crippen MR) is 57.2 cm³/mol. The van der Waals surface area contributed by atoms with Crippen LogP contribution in [0.5, 0.6) is 0 Å². The zero-order chi connectivity index (χ0) is 9.52. The topological polar surface area (TPSA) is 35.2 Å². The Labute approximate surface area is 83.8 Å². The second-order valence-corrected chi connectivity index (χ2v) is 3.38. The van der Waals surface area contributed by atoms with E-state index < -0.39 is 0 Å². The Morgan fingerprint density at radius 3 is 2.85 bits per heavy atom. The summed E-state index contributed by atoms with van der Waals surface area (Å²) in [5, 5.41) is 5.13. The Morgan fingerprint density at radius 1 is 1.38 bits per heavy atom. The van der Waals surface area contributed by atoms with Crippen LogP contribution >= 0.6 is 12.2 Å². The van der Waals surface area contributed by atoms with E-state index in [0.717, 1.165) is 31.7 Å². The molecule has 0 amide bonds. The van der Waals surface area contributed by atoms with Crippen molar-refractivity contribution in [2.24, 2.45) is 5.14 Å². The largest absolute Gasteiger partial charge is 0.301 e. The van der Waals surface area contributed by atoms with Crippen molar-refractivity contribution >= 4 is 12.2 Å². The van der Waals surface area contributed by atoms with Crippen LogP contribution in [0.25, 0.3) is 0 Å². The van der Waals surface area contributed by atoms with Crippen molar-refractivity contribution in [2.75, 3.05) is 6.61 Å². The van der Waals surface area contributed by atoms with Gasteiger partial charge in [-0.3, -0.25) is 5.14 Å². The minimum atomic E-state index is 0.718.